The smallest absolute Gasteiger partial charge is 0.0458 e. The number of hydrogen-bond acceptors (Lipinski definition) is 1. The fourth-order valence-electron chi connectivity index (χ4n) is 5.41. The first-order valence-corrected chi connectivity index (χ1v) is 15.0. The Morgan fingerprint density at radius 2 is 0.886 bits per heavy atom. The monoisotopic (exact) mass is 565 g/mol. The summed E-state index contributed by atoms with van der Waals surface area (Å²) < 4.78 is 0. The predicted octanol–water partition coefficient (Wildman–Crippen LogP) is 11.4. The van der Waals surface area contributed by atoms with E-state index in [9.17, 15) is 0 Å². The minimum Gasteiger partial charge on any atom is -0.317 e. The molecular weight excluding hydrogens is 530 g/mol. The number of hydrogen-bond donors (Lipinski definition) is 0. The van der Waals surface area contributed by atoms with Crippen LogP contribution in [0.2, 0.25) is 0 Å². The third-order valence-electron chi connectivity index (χ3n) is 7.70. The van der Waals surface area contributed by atoms with Crippen molar-refractivity contribution >= 4 is 28.6 Å². The second-order valence-corrected chi connectivity index (χ2v) is 10.7. The Bertz CT molecular complexity index is 1790. The lowest BCUT2D eigenvalue weighted by Crippen LogP contribution is -2.10. The van der Waals surface area contributed by atoms with Gasteiger partial charge in [-0.1, -0.05) is 164 Å². The Balaban J connectivity index is 1.38. The molecular formula is C43H35N. The van der Waals surface area contributed by atoms with Crippen molar-refractivity contribution in [3.8, 4) is 0 Å². The molecule has 0 aliphatic heterocycles. The zero-order chi connectivity index (χ0) is 30.0. The molecule has 0 heterocycles. The molecule has 44 heavy (non-hydrogen) atoms. The number of nitrogens with zero attached hydrogens (tertiary/aromatic N) is 1. The highest BCUT2D eigenvalue weighted by molar-refractivity contribution is 5.84. The predicted molar refractivity (Wildman–Crippen MR) is 189 cm³/mol. The second kappa shape index (κ2) is 14.0. The largest absolute Gasteiger partial charge is 0.317 e. The van der Waals surface area contributed by atoms with Crippen molar-refractivity contribution in [1.29, 1.82) is 0 Å². The molecule has 0 saturated carbocycles. The van der Waals surface area contributed by atoms with Gasteiger partial charge in [-0.25, -0.2) is 0 Å². The maximum Gasteiger partial charge on any atom is 0.0458 e. The van der Waals surface area contributed by atoms with Gasteiger partial charge >= 0.3 is 0 Å². The quantitative estimate of drug-likeness (QED) is 0.158. The zero-order valence-corrected chi connectivity index (χ0v) is 24.9. The number of aryl methyl sites for hydroxylation is 1. The lowest BCUT2D eigenvalue weighted by atomic mass is 9.97. The van der Waals surface area contributed by atoms with Crippen molar-refractivity contribution in [1.82, 2.24) is 0 Å². The molecule has 0 spiro atoms. The minimum absolute atomic E-state index is 1.11. The second-order valence-electron chi connectivity index (χ2n) is 10.7. The van der Waals surface area contributed by atoms with E-state index in [2.05, 4.69) is 206 Å². The molecule has 1 nitrogen and oxygen atoms in total. The van der Waals surface area contributed by atoms with Crippen molar-refractivity contribution in [2.24, 2.45) is 0 Å². The summed E-state index contributed by atoms with van der Waals surface area (Å²) in [4.78, 5) is 2.29. The van der Waals surface area contributed by atoms with Gasteiger partial charge in [-0.05, 0) is 70.1 Å². The van der Waals surface area contributed by atoms with Gasteiger partial charge < -0.3 is 4.90 Å². The minimum atomic E-state index is 1.11. The van der Waals surface area contributed by atoms with Gasteiger partial charge in [0.05, 0.1) is 0 Å². The summed E-state index contributed by atoms with van der Waals surface area (Å²) in [6.07, 6.45) is 8.84. The zero-order valence-electron chi connectivity index (χ0n) is 24.9. The molecule has 0 amide bonds. The van der Waals surface area contributed by atoms with Crippen LogP contribution in [0.5, 0.6) is 0 Å². The summed E-state index contributed by atoms with van der Waals surface area (Å²) in [5, 5.41) is 0. The average Bonchev–Trinajstić information content (AvgIpc) is 3.10. The summed E-state index contributed by atoms with van der Waals surface area (Å²) in [5.41, 5.74) is 11.7. The lowest BCUT2D eigenvalue weighted by Gasteiger charge is -2.24. The van der Waals surface area contributed by atoms with Crippen molar-refractivity contribution < 1.29 is 0 Å². The molecule has 0 saturated heterocycles. The van der Waals surface area contributed by atoms with E-state index >= 15 is 0 Å². The van der Waals surface area contributed by atoms with Crippen molar-refractivity contribution in [2.45, 2.75) is 6.92 Å². The Labute approximate surface area is 261 Å². The molecule has 0 bridgehead atoms. The fourth-order valence-corrected chi connectivity index (χ4v) is 5.41. The highest BCUT2D eigenvalue weighted by Crippen LogP contribution is 2.33. The Morgan fingerprint density at radius 1 is 0.455 bits per heavy atom. The maximum absolute atomic E-state index is 2.29. The normalized spacial score (nSPS) is 10.8. The van der Waals surface area contributed by atoms with E-state index in [1.807, 2.05) is 0 Å². The summed E-state index contributed by atoms with van der Waals surface area (Å²) in [6.45, 7) is 2.18. The van der Waals surface area contributed by atoms with Gasteiger partial charge in [-0.2, -0.15) is 0 Å². The van der Waals surface area contributed by atoms with Crippen LogP contribution in [0.3, 0.4) is 0 Å². The standard InChI is InChI=1S/C43H35N/c1-34-32-41(31-30-35(34)26-17-29-42(36-18-7-2-8-19-36)37-20-9-3-10-21-37)44(40-27-15-6-16-28-40)33-43(38-22-11-4-12-23-38)39-24-13-5-14-25-39/h2-33H,1H3/b26-17+. The molecule has 0 radical (unpaired) electrons. The Kier molecular flexibility index (Phi) is 9.06. The fraction of sp³-hybridized carbons (Fsp3) is 0.0233. The van der Waals surface area contributed by atoms with Crippen molar-refractivity contribution in [2.75, 3.05) is 4.90 Å². The maximum atomic E-state index is 2.29. The number of allylic oxidation sites excluding steroid dienone is 2. The van der Waals surface area contributed by atoms with E-state index in [0.717, 1.165) is 16.9 Å². The number of para-hydroxylation sites is 1. The highest BCUT2D eigenvalue weighted by atomic mass is 15.1. The molecule has 0 aromatic heterocycles. The van der Waals surface area contributed by atoms with Crippen LogP contribution in [0.15, 0.2) is 188 Å². The average molecular weight is 566 g/mol. The molecule has 0 unspecified atom stereocenters. The molecule has 0 aliphatic carbocycles. The van der Waals surface area contributed by atoms with Crippen LogP contribution >= 0.6 is 0 Å². The SMILES string of the molecule is Cc1cc(N(C=C(c2ccccc2)c2ccccc2)c2ccccc2)ccc1/C=C/C=C(c1ccccc1)c1ccccc1. The highest BCUT2D eigenvalue weighted by Gasteiger charge is 2.13. The number of rotatable bonds is 9. The number of benzene rings is 6. The first-order chi connectivity index (χ1) is 21.8. The van der Waals surface area contributed by atoms with Crippen LogP contribution in [0, 0.1) is 6.92 Å². The molecule has 0 atom stereocenters. The van der Waals surface area contributed by atoms with Crippen LogP contribution in [-0.4, -0.2) is 0 Å². The van der Waals surface area contributed by atoms with Crippen LogP contribution in [0.4, 0.5) is 11.4 Å². The molecule has 0 N–H and O–H groups in total. The van der Waals surface area contributed by atoms with Gasteiger partial charge in [0.1, 0.15) is 0 Å². The lowest BCUT2D eigenvalue weighted by molar-refractivity contribution is 1.26. The third-order valence-corrected chi connectivity index (χ3v) is 7.70. The number of anilines is 2. The van der Waals surface area contributed by atoms with E-state index in [1.165, 1.54) is 39.0 Å². The molecule has 6 aromatic carbocycles. The van der Waals surface area contributed by atoms with E-state index < -0.39 is 0 Å². The topological polar surface area (TPSA) is 3.24 Å². The molecule has 0 fully saturated rings. The first kappa shape index (κ1) is 28.5. The van der Waals surface area contributed by atoms with Gasteiger partial charge in [0.15, 0.2) is 0 Å². The Hall–Kier alpha value is -5.66. The van der Waals surface area contributed by atoms with Crippen LogP contribution < -0.4 is 4.90 Å². The Morgan fingerprint density at radius 3 is 1.34 bits per heavy atom. The molecule has 1 heteroatoms. The van der Waals surface area contributed by atoms with Crippen molar-refractivity contribution in [3.05, 3.63) is 222 Å². The van der Waals surface area contributed by atoms with Crippen LogP contribution in [-0.2, 0) is 0 Å². The molecule has 6 aromatic rings. The van der Waals surface area contributed by atoms with Gasteiger partial charge in [0, 0.05) is 23.1 Å². The van der Waals surface area contributed by atoms with E-state index in [1.54, 1.807) is 0 Å². The van der Waals surface area contributed by atoms with Gasteiger partial charge in [0.25, 0.3) is 0 Å². The molecule has 212 valence electrons. The summed E-state index contributed by atoms with van der Waals surface area (Å²) in [7, 11) is 0. The van der Waals surface area contributed by atoms with E-state index in [4.69, 9.17) is 0 Å². The summed E-state index contributed by atoms with van der Waals surface area (Å²) in [6, 6.07) is 59.6. The van der Waals surface area contributed by atoms with Crippen LogP contribution in [0.1, 0.15) is 33.4 Å². The van der Waals surface area contributed by atoms with Crippen LogP contribution in [0.25, 0.3) is 17.2 Å². The summed E-state index contributed by atoms with van der Waals surface area (Å²) >= 11 is 0. The first-order valence-electron chi connectivity index (χ1n) is 15.0. The summed E-state index contributed by atoms with van der Waals surface area (Å²) in [5.74, 6) is 0. The van der Waals surface area contributed by atoms with Gasteiger partial charge in [-0.3, -0.25) is 0 Å². The van der Waals surface area contributed by atoms with Gasteiger partial charge in [-0.15, -0.1) is 0 Å². The third kappa shape index (κ3) is 6.86. The van der Waals surface area contributed by atoms with Crippen molar-refractivity contribution in [3.63, 3.8) is 0 Å². The van der Waals surface area contributed by atoms with E-state index in [-0.39, 0.29) is 0 Å². The molecule has 0 aliphatic rings. The van der Waals surface area contributed by atoms with E-state index in [0.29, 0.717) is 0 Å². The molecule has 6 rings (SSSR count). The van der Waals surface area contributed by atoms with Gasteiger partial charge in [0.2, 0.25) is 0 Å².